The van der Waals surface area contributed by atoms with E-state index in [-0.39, 0.29) is 12.5 Å². The van der Waals surface area contributed by atoms with Gasteiger partial charge in [-0.05, 0) is 30.2 Å². The molecular formula is C12H13ClN2O2. The van der Waals surface area contributed by atoms with Gasteiger partial charge < -0.3 is 15.8 Å². The molecule has 1 aromatic heterocycles. The van der Waals surface area contributed by atoms with E-state index in [1.54, 1.807) is 0 Å². The zero-order valence-corrected chi connectivity index (χ0v) is 9.87. The molecule has 0 saturated carbocycles. The maximum atomic E-state index is 10.5. The molecule has 0 aliphatic heterocycles. The Morgan fingerprint density at radius 1 is 1.53 bits per heavy atom. The van der Waals surface area contributed by atoms with E-state index >= 15 is 0 Å². The van der Waals surface area contributed by atoms with Gasteiger partial charge in [-0.1, -0.05) is 11.6 Å². The van der Waals surface area contributed by atoms with Gasteiger partial charge in [0.05, 0.1) is 0 Å². The molecule has 1 heterocycles. The number of carbonyl (C=O) groups is 1. The molecule has 1 atom stereocenters. The first-order valence-electron chi connectivity index (χ1n) is 5.32. The van der Waals surface area contributed by atoms with Crippen LogP contribution in [0.5, 0.6) is 0 Å². The predicted molar refractivity (Wildman–Crippen MR) is 67.1 cm³/mol. The second-order valence-electron chi connectivity index (χ2n) is 3.98. The van der Waals surface area contributed by atoms with Crippen molar-refractivity contribution in [2.45, 2.75) is 18.9 Å². The van der Waals surface area contributed by atoms with Gasteiger partial charge in [-0.25, -0.2) is 0 Å². The minimum absolute atomic E-state index is 0.0419. The lowest BCUT2D eigenvalue weighted by Crippen LogP contribution is -2.12. The molecule has 0 saturated heterocycles. The van der Waals surface area contributed by atoms with Gasteiger partial charge in [-0.2, -0.15) is 0 Å². The van der Waals surface area contributed by atoms with Crippen LogP contribution in [-0.4, -0.2) is 16.1 Å². The van der Waals surface area contributed by atoms with Gasteiger partial charge in [0.1, 0.15) is 0 Å². The first-order chi connectivity index (χ1) is 8.08. The molecule has 4 nitrogen and oxygen atoms in total. The Balaban J connectivity index is 2.27. The average molecular weight is 253 g/mol. The van der Waals surface area contributed by atoms with E-state index in [4.69, 9.17) is 22.4 Å². The average Bonchev–Trinajstić information content (AvgIpc) is 2.71. The summed E-state index contributed by atoms with van der Waals surface area (Å²) in [4.78, 5) is 13.6. The number of fused-ring (bicyclic) bond motifs is 1. The summed E-state index contributed by atoms with van der Waals surface area (Å²) in [5, 5.41) is 10.2. The molecule has 0 amide bonds. The molecule has 0 aliphatic carbocycles. The molecule has 5 heteroatoms. The van der Waals surface area contributed by atoms with Gasteiger partial charge in [-0.3, -0.25) is 4.79 Å². The Morgan fingerprint density at radius 2 is 2.29 bits per heavy atom. The number of hydrogen-bond acceptors (Lipinski definition) is 2. The highest BCUT2D eigenvalue weighted by Crippen LogP contribution is 2.28. The van der Waals surface area contributed by atoms with Crippen molar-refractivity contribution in [3.63, 3.8) is 0 Å². The second kappa shape index (κ2) is 4.77. The van der Waals surface area contributed by atoms with Crippen LogP contribution in [0.1, 0.15) is 24.4 Å². The number of H-pyrrole nitrogens is 1. The second-order valence-corrected chi connectivity index (χ2v) is 4.38. The lowest BCUT2D eigenvalue weighted by atomic mass is 10.0. The first kappa shape index (κ1) is 12.0. The smallest absolute Gasteiger partial charge is 0.303 e. The molecule has 17 heavy (non-hydrogen) atoms. The zero-order chi connectivity index (χ0) is 12.4. The van der Waals surface area contributed by atoms with E-state index in [1.165, 1.54) is 0 Å². The number of aromatic nitrogens is 1. The van der Waals surface area contributed by atoms with Crippen molar-refractivity contribution >= 4 is 28.5 Å². The number of carboxylic acids is 1. The summed E-state index contributed by atoms with van der Waals surface area (Å²) in [6, 6.07) is 5.28. The number of halogens is 1. The minimum atomic E-state index is -0.850. The number of aromatic amines is 1. The van der Waals surface area contributed by atoms with Crippen LogP contribution in [0.3, 0.4) is 0 Å². The third-order valence-electron chi connectivity index (χ3n) is 2.74. The summed E-state index contributed by atoms with van der Waals surface area (Å²) in [7, 11) is 0. The molecule has 0 fully saturated rings. The van der Waals surface area contributed by atoms with E-state index < -0.39 is 5.97 Å². The summed E-state index contributed by atoms with van der Waals surface area (Å²) in [5.74, 6) is -0.850. The molecule has 0 bridgehead atoms. The summed E-state index contributed by atoms with van der Waals surface area (Å²) in [6.07, 6.45) is 2.25. The van der Waals surface area contributed by atoms with Gasteiger partial charge >= 0.3 is 5.97 Å². The Morgan fingerprint density at radius 3 is 3.00 bits per heavy atom. The SMILES string of the molecule is NC(CCC(=O)O)c1cc2[nH]ccc2cc1Cl. The van der Waals surface area contributed by atoms with E-state index in [2.05, 4.69) is 4.98 Å². The number of nitrogens with two attached hydrogens (primary N) is 1. The van der Waals surface area contributed by atoms with Gasteiger partial charge in [0, 0.05) is 34.6 Å². The Kier molecular flexibility index (Phi) is 3.36. The van der Waals surface area contributed by atoms with Gasteiger partial charge in [-0.15, -0.1) is 0 Å². The quantitative estimate of drug-likeness (QED) is 0.783. The maximum absolute atomic E-state index is 10.5. The van der Waals surface area contributed by atoms with Gasteiger partial charge in [0.25, 0.3) is 0 Å². The van der Waals surface area contributed by atoms with Crippen LogP contribution < -0.4 is 5.73 Å². The standard InChI is InChI=1S/C12H13ClN2O2/c13-9-5-7-3-4-15-11(7)6-8(9)10(14)1-2-12(16)17/h3-6,10,15H,1-2,14H2,(H,16,17). The van der Waals surface area contributed by atoms with Crippen molar-refractivity contribution in [3.8, 4) is 0 Å². The van der Waals surface area contributed by atoms with Gasteiger partial charge in [0.15, 0.2) is 0 Å². The summed E-state index contributed by atoms with van der Waals surface area (Å²) < 4.78 is 0. The molecule has 2 aromatic rings. The van der Waals surface area contributed by atoms with Gasteiger partial charge in [0.2, 0.25) is 0 Å². The van der Waals surface area contributed by atoms with Crippen molar-refractivity contribution in [1.29, 1.82) is 0 Å². The monoisotopic (exact) mass is 252 g/mol. The molecule has 2 rings (SSSR count). The number of nitrogens with one attached hydrogen (secondary N) is 1. The van der Waals surface area contributed by atoms with Crippen LogP contribution in [0, 0.1) is 0 Å². The van der Waals surface area contributed by atoms with E-state index in [1.807, 2.05) is 24.4 Å². The Hall–Kier alpha value is -1.52. The summed E-state index contributed by atoms with van der Waals surface area (Å²) >= 11 is 6.13. The third kappa shape index (κ3) is 2.60. The topological polar surface area (TPSA) is 79.1 Å². The lowest BCUT2D eigenvalue weighted by Gasteiger charge is -2.12. The summed E-state index contributed by atoms with van der Waals surface area (Å²) in [6.45, 7) is 0. The van der Waals surface area contributed by atoms with Crippen LogP contribution in [-0.2, 0) is 4.79 Å². The lowest BCUT2D eigenvalue weighted by molar-refractivity contribution is -0.137. The fourth-order valence-electron chi connectivity index (χ4n) is 1.81. The zero-order valence-electron chi connectivity index (χ0n) is 9.11. The van der Waals surface area contributed by atoms with Crippen molar-refractivity contribution in [2.75, 3.05) is 0 Å². The van der Waals surface area contributed by atoms with Crippen LogP contribution in [0.4, 0.5) is 0 Å². The molecule has 90 valence electrons. The van der Waals surface area contributed by atoms with Crippen LogP contribution in [0.25, 0.3) is 10.9 Å². The fraction of sp³-hybridized carbons (Fsp3) is 0.250. The molecule has 4 N–H and O–H groups in total. The Bertz CT molecular complexity index is 550. The van der Waals surface area contributed by atoms with E-state index in [9.17, 15) is 4.79 Å². The highest BCUT2D eigenvalue weighted by Gasteiger charge is 2.13. The molecule has 0 aliphatic rings. The number of aliphatic carboxylic acids is 1. The number of carboxylic acid groups (broad SMARTS) is 1. The number of hydrogen-bond donors (Lipinski definition) is 3. The normalized spacial score (nSPS) is 12.8. The van der Waals surface area contributed by atoms with E-state index in [0.717, 1.165) is 16.5 Å². The van der Waals surface area contributed by atoms with Crippen LogP contribution in [0.2, 0.25) is 5.02 Å². The summed E-state index contributed by atoms with van der Waals surface area (Å²) in [5.41, 5.74) is 7.68. The Labute approximate surface area is 103 Å². The van der Waals surface area contributed by atoms with E-state index in [0.29, 0.717) is 11.4 Å². The van der Waals surface area contributed by atoms with Crippen LogP contribution in [0.15, 0.2) is 24.4 Å². The third-order valence-corrected chi connectivity index (χ3v) is 3.07. The van der Waals surface area contributed by atoms with Crippen molar-refractivity contribution in [3.05, 3.63) is 35.0 Å². The maximum Gasteiger partial charge on any atom is 0.303 e. The molecule has 0 radical (unpaired) electrons. The first-order valence-corrected chi connectivity index (χ1v) is 5.69. The number of rotatable bonds is 4. The van der Waals surface area contributed by atoms with Crippen LogP contribution >= 0.6 is 11.6 Å². The molecular weight excluding hydrogens is 240 g/mol. The van der Waals surface area contributed by atoms with Crippen molar-refractivity contribution in [2.24, 2.45) is 5.73 Å². The predicted octanol–water partition coefficient (Wildman–Crippen LogP) is 2.69. The highest BCUT2D eigenvalue weighted by atomic mass is 35.5. The number of benzene rings is 1. The molecule has 1 aromatic carbocycles. The largest absolute Gasteiger partial charge is 0.481 e. The highest BCUT2D eigenvalue weighted by molar-refractivity contribution is 6.32. The minimum Gasteiger partial charge on any atom is -0.481 e. The van der Waals surface area contributed by atoms with Crippen molar-refractivity contribution < 1.29 is 9.90 Å². The molecule has 0 spiro atoms. The van der Waals surface area contributed by atoms with Crippen molar-refractivity contribution in [1.82, 2.24) is 4.98 Å². The fourth-order valence-corrected chi connectivity index (χ4v) is 2.12. The molecule has 1 unspecified atom stereocenters.